The Labute approximate surface area is 179 Å². The van der Waals surface area contributed by atoms with Crippen molar-refractivity contribution < 1.29 is 28.6 Å². The molecule has 1 aromatic carbocycles. The van der Waals surface area contributed by atoms with E-state index in [1.807, 2.05) is 23.6 Å². The molecular formula is C23H25FN2O5. The fourth-order valence-electron chi connectivity index (χ4n) is 4.42. The van der Waals surface area contributed by atoms with Gasteiger partial charge in [-0.15, -0.1) is 0 Å². The number of benzene rings is 1. The van der Waals surface area contributed by atoms with Crippen LogP contribution in [0.25, 0.3) is 16.6 Å². The monoisotopic (exact) mass is 428 g/mol. The second-order valence-corrected chi connectivity index (χ2v) is 7.90. The predicted molar refractivity (Wildman–Crippen MR) is 114 cm³/mol. The van der Waals surface area contributed by atoms with Crippen molar-refractivity contribution in [3.63, 3.8) is 0 Å². The number of Topliss-reactive ketones (excluding diaryl/α,β-unsaturated/α-hetero) is 1. The molecule has 31 heavy (non-hydrogen) atoms. The fraction of sp³-hybridized carbons (Fsp3) is 0.391. The van der Waals surface area contributed by atoms with Gasteiger partial charge in [0.1, 0.15) is 6.61 Å². The summed E-state index contributed by atoms with van der Waals surface area (Å²) in [5.74, 6) is -1.42. The maximum Gasteiger partial charge on any atom is 0.329 e. The lowest BCUT2D eigenvalue weighted by Crippen LogP contribution is -2.51. The minimum absolute atomic E-state index is 0.0569. The lowest BCUT2D eigenvalue weighted by Gasteiger charge is -2.42. The minimum Gasteiger partial charge on any atom is -0.494 e. The zero-order chi connectivity index (χ0) is 22.3. The molecule has 1 saturated heterocycles. The van der Waals surface area contributed by atoms with E-state index in [1.54, 1.807) is 6.07 Å². The first kappa shape index (κ1) is 21.1. The molecule has 1 aromatic heterocycles. The molecule has 8 heteroatoms. The van der Waals surface area contributed by atoms with Gasteiger partial charge in [-0.25, -0.2) is 9.18 Å². The van der Waals surface area contributed by atoms with E-state index in [2.05, 4.69) is 4.90 Å². The Bertz CT molecular complexity index is 1120. The summed E-state index contributed by atoms with van der Waals surface area (Å²) in [6.45, 7) is 4.46. The quantitative estimate of drug-likeness (QED) is 0.679. The van der Waals surface area contributed by atoms with Crippen molar-refractivity contribution in [2.45, 2.75) is 32.8 Å². The van der Waals surface area contributed by atoms with Gasteiger partial charge in [-0.2, -0.15) is 0 Å². The lowest BCUT2D eigenvalue weighted by molar-refractivity contribution is -0.147. The Balaban J connectivity index is 1.63. The SMILES string of the molecule is COc1cc2c(cc1F)c(C(C)=O)c(C)n2C1=CC=C(N2CC(OCC(=O)O)C2)CC1. The fourth-order valence-corrected chi connectivity index (χ4v) is 4.42. The van der Waals surface area contributed by atoms with Crippen molar-refractivity contribution >= 4 is 28.4 Å². The van der Waals surface area contributed by atoms with Crippen LogP contribution >= 0.6 is 0 Å². The van der Waals surface area contributed by atoms with Crippen LogP contribution in [-0.4, -0.2) is 59.2 Å². The Kier molecular flexibility index (Phi) is 5.58. The van der Waals surface area contributed by atoms with Gasteiger partial charge in [-0.05, 0) is 44.9 Å². The van der Waals surface area contributed by atoms with Gasteiger partial charge in [-0.3, -0.25) is 4.79 Å². The number of halogens is 1. The van der Waals surface area contributed by atoms with Gasteiger partial charge >= 0.3 is 5.97 Å². The molecule has 4 rings (SSSR count). The number of ether oxygens (including phenoxy) is 2. The molecular weight excluding hydrogens is 403 g/mol. The highest BCUT2D eigenvalue weighted by molar-refractivity contribution is 6.09. The van der Waals surface area contributed by atoms with Gasteiger partial charge in [0, 0.05) is 47.2 Å². The molecule has 0 atom stereocenters. The highest BCUT2D eigenvalue weighted by atomic mass is 19.1. The number of hydrogen-bond acceptors (Lipinski definition) is 5. The smallest absolute Gasteiger partial charge is 0.329 e. The van der Waals surface area contributed by atoms with E-state index in [-0.39, 0.29) is 24.2 Å². The van der Waals surface area contributed by atoms with E-state index in [9.17, 15) is 14.0 Å². The third kappa shape index (κ3) is 3.83. The second kappa shape index (κ2) is 8.19. The van der Waals surface area contributed by atoms with Crippen molar-refractivity contribution in [3.8, 4) is 5.75 Å². The minimum atomic E-state index is -0.960. The van der Waals surface area contributed by atoms with Crippen LogP contribution in [0.15, 0.2) is 30.0 Å². The van der Waals surface area contributed by atoms with Gasteiger partial charge in [-0.1, -0.05) is 0 Å². The molecule has 0 radical (unpaired) electrons. The first-order valence-electron chi connectivity index (χ1n) is 10.2. The van der Waals surface area contributed by atoms with Crippen LogP contribution in [0.2, 0.25) is 0 Å². The molecule has 0 amide bonds. The molecule has 164 valence electrons. The molecule has 1 fully saturated rings. The summed E-state index contributed by atoms with van der Waals surface area (Å²) in [6, 6.07) is 3.01. The van der Waals surface area contributed by atoms with Gasteiger partial charge in [0.25, 0.3) is 0 Å². The van der Waals surface area contributed by atoms with Crippen LogP contribution < -0.4 is 4.74 Å². The topological polar surface area (TPSA) is 81.0 Å². The Morgan fingerprint density at radius 2 is 1.87 bits per heavy atom. The number of aromatic nitrogens is 1. The molecule has 2 heterocycles. The number of allylic oxidation sites excluding steroid dienone is 4. The molecule has 1 aliphatic heterocycles. The van der Waals surface area contributed by atoms with Crippen molar-refractivity contribution in [3.05, 3.63) is 47.1 Å². The van der Waals surface area contributed by atoms with Crippen LogP contribution in [0.3, 0.4) is 0 Å². The average Bonchev–Trinajstić information content (AvgIpc) is 2.97. The van der Waals surface area contributed by atoms with Crippen LogP contribution in [0.5, 0.6) is 5.75 Å². The number of ketones is 1. The van der Waals surface area contributed by atoms with Crippen LogP contribution in [-0.2, 0) is 9.53 Å². The van der Waals surface area contributed by atoms with Crippen molar-refractivity contribution in [2.75, 3.05) is 26.8 Å². The highest BCUT2D eigenvalue weighted by Crippen LogP contribution is 2.37. The molecule has 1 N–H and O–H groups in total. The Morgan fingerprint density at radius 1 is 1.19 bits per heavy atom. The summed E-state index contributed by atoms with van der Waals surface area (Å²) in [6.07, 6.45) is 5.58. The van der Waals surface area contributed by atoms with E-state index in [0.29, 0.717) is 24.0 Å². The standard InChI is InChI=1S/C23H25FN2O5/c1-13-23(14(2)27)18-8-19(24)21(30-3)9-20(18)26(13)16-6-4-15(5-7-16)25-10-17(11-25)31-12-22(28)29/h4,6,8-9,17H,5,7,10-12H2,1-3H3,(H,28,29). The van der Waals surface area contributed by atoms with Crippen LogP contribution in [0.4, 0.5) is 4.39 Å². The van der Waals surface area contributed by atoms with E-state index in [4.69, 9.17) is 14.6 Å². The van der Waals surface area contributed by atoms with E-state index in [0.717, 1.165) is 29.7 Å². The number of carbonyl (C=O) groups excluding carboxylic acids is 1. The summed E-state index contributed by atoms with van der Waals surface area (Å²) < 4.78 is 26.8. The number of likely N-dealkylation sites (tertiary alicyclic amines) is 1. The van der Waals surface area contributed by atoms with E-state index < -0.39 is 11.8 Å². The molecule has 0 bridgehead atoms. The summed E-state index contributed by atoms with van der Waals surface area (Å²) in [5.41, 5.74) is 4.24. The number of fused-ring (bicyclic) bond motifs is 1. The highest BCUT2D eigenvalue weighted by Gasteiger charge is 2.30. The van der Waals surface area contributed by atoms with Crippen LogP contribution in [0.1, 0.15) is 35.8 Å². The summed E-state index contributed by atoms with van der Waals surface area (Å²) in [7, 11) is 1.42. The van der Waals surface area contributed by atoms with E-state index >= 15 is 0 Å². The van der Waals surface area contributed by atoms with Crippen LogP contribution in [0, 0.1) is 12.7 Å². The summed E-state index contributed by atoms with van der Waals surface area (Å²) in [4.78, 5) is 25.1. The van der Waals surface area contributed by atoms with Gasteiger partial charge < -0.3 is 24.0 Å². The normalized spacial score (nSPS) is 16.7. The zero-order valence-corrected chi connectivity index (χ0v) is 17.8. The van der Waals surface area contributed by atoms with Gasteiger partial charge in [0.05, 0.1) is 18.7 Å². The molecule has 0 unspecified atom stereocenters. The first-order valence-corrected chi connectivity index (χ1v) is 10.2. The largest absolute Gasteiger partial charge is 0.494 e. The van der Waals surface area contributed by atoms with Crippen molar-refractivity contribution in [1.29, 1.82) is 0 Å². The number of carboxylic acid groups (broad SMARTS) is 1. The van der Waals surface area contributed by atoms with Crippen molar-refractivity contribution in [1.82, 2.24) is 9.47 Å². The number of rotatable bonds is 7. The number of nitrogens with zero attached hydrogens (tertiary/aromatic N) is 2. The maximum absolute atomic E-state index is 14.3. The number of methoxy groups -OCH3 is 1. The molecule has 0 saturated carbocycles. The second-order valence-electron chi connectivity index (χ2n) is 7.90. The Morgan fingerprint density at radius 3 is 2.45 bits per heavy atom. The number of carbonyl (C=O) groups is 2. The third-order valence-corrected chi connectivity index (χ3v) is 5.92. The molecule has 2 aliphatic rings. The van der Waals surface area contributed by atoms with Crippen molar-refractivity contribution in [2.24, 2.45) is 0 Å². The van der Waals surface area contributed by atoms with Gasteiger partial charge in [0.15, 0.2) is 17.3 Å². The number of aliphatic carboxylic acids is 1. The van der Waals surface area contributed by atoms with Gasteiger partial charge in [0.2, 0.25) is 0 Å². The molecule has 0 spiro atoms. The maximum atomic E-state index is 14.3. The number of carboxylic acids is 1. The average molecular weight is 428 g/mol. The summed E-state index contributed by atoms with van der Waals surface area (Å²) >= 11 is 0. The third-order valence-electron chi connectivity index (χ3n) is 5.92. The Hall–Kier alpha value is -3.13. The lowest BCUT2D eigenvalue weighted by atomic mass is 10.0. The number of hydrogen-bond donors (Lipinski definition) is 1. The predicted octanol–water partition coefficient (Wildman–Crippen LogP) is 3.60. The first-order chi connectivity index (χ1) is 14.8. The van der Waals surface area contributed by atoms with E-state index in [1.165, 1.54) is 25.8 Å². The molecule has 2 aromatic rings. The molecule has 1 aliphatic carbocycles. The zero-order valence-electron chi connectivity index (χ0n) is 17.8. The molecule has 7 nitrogen and oxygen atoms in total. The summed E-state index contributed by atoms with van der Waals surface area (Å²) in [5, 5.41) is 9.29.